The zero-order valence-corrected chi connectivity index (χ0v) is 18.1. The Bertz CT molecular complexity index is 1190. The van der Waals surface area contributed by atoms with Crippen molar-refractivity contribution in [2.45, 2.75) is 31.5 Å². The van der Waals surface area contributed by atoms with Crippen LogP contribution in [0.5, 0.6) is 0 Å². The third-order valence-electron chi connectivity index (χ3n) is 5.15. The normalized spacial score (nSPS) is 14.2. The highest BCUT2D eigenvalue weighted by atomic mass is 32.2. The Hall–Kier alpha value is -2.32. The predicted octanol–water partition coefficient (Wildman–Crippen LogP) is 3.74. The van der Waals surface area contributed by atoms with Gasteiger partial charge in [0.1, 0.15) is 0 Å². The molecule has 152 valence electrons. The molecule has 0 aliphatic carbocycles. The summed E-state index contributed by atoms with van der Waals surface area (Å²) in [5.41, 5.74) is 4.22. The Morgan fingerprint density at radius 3 is 2.76 bits per heavy atom. The molecule has 0 atom stereocenters. The Kier molecular flexibility index (Phi) is 5.40. The number of hydrogen-bond acceptors (Lipinski definition) is 5. The van der Waals surface area contributed by atoms with Gasteiger partial charge in [-0.15, -0.1) is 0 Å². The topological polar surface area (TPSA) is 72.3 Å². The molecule has 0 radical (unpaired) electrons. The minimum atomic E-state index is -3.31. The van der Waals surface area contributed by atoms with Crippen molar-refractivity contribution < 1.29 is 13.2 Å². The molecule has 6 nitrogen and oxygen atoms in total. The zero-order valence-electron chi connectivity index (χ0n) is 16.5. The van der Waals surface area contributed by atoms with Crippen molar-refractivity contribution >= 4 is 44.3 Å². The van der Waals surface area contributed by atoms with Crippen LogP contribution in [0.2, 0.25) is 0 Å². The lowest BCUT2D eigenvalue weighted by Crippen LogP contribution is -2.34. The van der Waals surface area contributed by atoms with E-state index >= 15 is 0 Å². The summed E-state index contributed by atoms with van der Waals surface area (Å²) in [6.07, 6.45) is 2.76. The van der Waals surface area contributed by atoms with Gasteiger partial charge in [0.15, 0.2) is 10.9 Å². The molecular weight excluding hydrogens is 406 g/mol. The second-order valence-corrected chi connectivity index (χ2v) is 9.97. The van der Waals surface area contributed by atoms with E-state index in [1.54, 1.807) is 12.1 Å². The molecule has 0 spiro atoms. The summed E-state index contributed by atoms with van der Waals surface area (Å²) in [6.45, 7) is 3.34. The van der Waals surface area contributed by atoms with Gasteiger partial charge < -0.3 is 4.57 Å². The molecule has 0 saturated heterocycles. The van der Waals surface area contributed by atoms with Crippen LogP contribution < -0.4 is 4.31 Å². The van der Waals surface area contributed by atoms with Crippen LogP contribution in [0.1, 0.15) is 29.3 Å². The Labute approximate surface area is 175 Å². The number of ketones is 1. The first kappa shape index (κ1) is 20.0. The average Bonchev–Trinajstić information content (AvgIpc) is 3.07. The maximum atomic E-state index is 12.8. The molecule has 1 aromatic heterocycles. The van der Waals surface area contributed by atoms with Gasteiger partial charge in [0.25, 0.3) is 0 Å². The van der Waals surface area contributed by atoms with E-state index in [-0.39, 0.29) is 11.5 Å². The minimum Gasteiger partial charge on any atom is -0.319 e. The van der Waals surface area contributed by atoms with Crippen molar-refractivity contribution in [3.8, 4) is 0 Å². The highest BCUT2D eigenvalue weighted by molar-refractivity contribution is 7.99. The first-order valence-electron chi connectivity index (χ1n) is 9.60. The SMILES string of the molecule is CCn1c(SCC(=O)c2ccc3c(c2)CCCN3S(C)(=O)=O)nc2ccccc21. The second-order valence-electron chi connectivity index (χ2n) is 7.12. The molecule has 1 aliphatic heterocycles. The van der Waals surface area contributed by atoms with Crippen molar-refractivity contribution in [1.82, 2.24) is 9.55 Å². The third kappa shape index (κ3) is 3.91. The van der Waals surface area contributed by atoms with Gasteiger partial charge in [-0.05, 0) is 55.7 Å². The number of anilines is 1. The fourth-order valence-electron chi connectivity index (χ4n) is 3.76. The van der Waals surface area contributed by atoms with Gasteiger partial charge in [0, 0.05) is 18.7 Å². The summed E-state index contributed by atoms with van der Waals surface area (Å²) in [5.74, 6) is 0.307. The molecule has 0 amide bonds. The summed E-state index contributed by atoms with van der Waals surface area (Å²) in [6, 6.07) is 13.3. The molecular formula is C21H23N3O3S2. The molecule has 2 heterocycles. The average molecular weight is 430 g/mol. The first-order valence-corrected chi connectivity index (χ1v) is 12.4. The zero-order chi connectivity index (χ0) is 20.6. The van der Waals surface area contributed by atoms with E-state index < -0.39 is 10.0 Å². The van der Waals surface area contributed by atoms with Crippen LogP contribution in [0, 0.1) is 0 Å². The summed E-state index contributed by atoms with van der Waals surface area (Å²) in [5, 5.41) is 0.836. The fraction of sp³-hybridized carbons (Fsp3) is 0.333. The van der Waals surface area contributed by atoms with Crippen LogP contribution in [0.3, 0.4) is 0 Å². The second kappa shape index (κ2) is 7.84. The Morgan fingerprint density at radius 1 is 1.21 bits per heavy atom. The largest absolute Gasteiger partial charge is 0.319 e. The maximum absolute atomic E-state index is 12.8. The molecule has 0 saturated carbocycles. The van der Waals surface area contributed by atoms with Gasteiger partial charge in [-0.1, -0.05) is 23.9 Å². The van der Waals surface area contributed by atoms with Crippen LogP contribution in [0.25, 0.3) is 11.0 Å². The number of rotatable bonds is 6. The number of thioether (sulfide) groups is 1. The lowest BCUT2D eigenvalue weighted by molar-refractivity contribution is 0.102. The first-order chi connectivity index (χ1) is 13.9. The van der Waals surface area contributed by atoms with Crippen molar-refractivity contribution in [3.05, 3.63) is 53.6 Å². The molecule has 4 rings (SSSR count). The van der Waals surface area contributed by atoms with Crippen LogP contribution >= 0.6 is 11.8 Å². The molecule has 0 bridgehead atoms. The number of sulfonamides is 1. The van der Waals surface area contributed by atoms with Gasteiger partial charge in [-0.3, -0.25) is 9.10 Å². The van der Waals surface area contributed by atoms with E-state index in [0.29, 0.717) is 17.8 Å². The van der Waals surface area contributed by atoms with Crippen molar-refractivity contribution in [2.75, 3.05) is 22.9 Å². The predicted molar refractivity (Wildman–Crippen MR) is 117 cm³/mol. The van der Waals surface area contributed by atoms with Crippen molar-refractivity contribution in [2.24, 2.45) is 0 Å². The lowest BCUT2D eigenvalue weighted by Gasteiger charge is -2.29. The van der Waals surface area contributed by atoms with Gasteiger partial charge in [-0.25, -0.2) is 13.4 Å². The van der Waals surface area contributed by atoms with Crippen molar-refractivity contribution in [1.29, 1.82) is 0 Å². The highest BCUT2D eigenvalue weighted by Crippen LogP contribution is 2.31. The van der Waals surface area contributed by atoms with Gasteiger partial charge in [0.2, 0.25) is 10.0 Å². The number of imidazole rings is 1. The van der Waals surface area contributed by atoms with Crippen LogP contribution in [0.4, 0.5) is 5.69 Å². The minimum absolute atomic E-state index is 0.0176. The molecule has 1 aliphatic rings. The molecule has 8 heteroatoms. The number of carbonyl (C=O) groups is 1. The number of benzene rings is 2. The molecule has 0 unspecified atom stereocenters. The monoisotopic (exact) mass is 429 g/mol. The van der Waals surface area contributed by atoms with Crippen LogP contribution in [0.15, 0.2) is 47.6 Å². The number of aromatic nitrogens is 2. The highest BCUT2D eigenvalue weighted by Gasteiger charge is 2.24. The maximum Gasteiger partial charge on any atom is 0.232 e. The molecule has 29 heavy (non-hydrogen) atoms. The number of nitrogens with zero attached hydrogens (tertiary/aromatic N) is 3. The van der Waals surface area contributed by atoms with Gasteiger partial charge in [0.05, 0.1) is 28.7 Å². The van der Waals surface area contributed by atoms with Crippen LogP contribution in [-0.2, 0) is 23.0 Å². The molecule has 3 aromatic rings. The van der Waals surface area contributed by atoms with Crippen molar-refractivity contribution in [3.63, 3.8) is 0 Å². The molecule has 0 N–H and O–H groups in total. The Morgan fingerprint density at radius 2 is 2.00 bits per heavy atom. The standard InChI is InChI=1S/C21H23N3O3S2/c1-3-23-19-9-5-4-8-17(19)22-21(23)28-14-20(25)16-10-11-18-15(13-16)7-6-12-24(18)29(2,26)27/h4-5,8-11,13H,3,6-7,12,14H2,1-2H3. The van der Waals surface area contributed by atoms with E-state index in [0.717, 1.165) is 41.1 Å². The molecule has 2 aromatic carbocycles. The van der Waals surface area contributed by atoms with E-state index in [4.69, 9.17) is 0 Å². The quantitative estimate of drug-likeness (QED) is 0.441. The number of carbonyl (C=O) groups excluding carboxylic acids is 1. The third-order valence-corrected chi connectivity index (χ3v) is 7.30. The van der Waals surface area contributed by atoms with Gasteiger partial charge >= 0.3 is 0 Å². The number of aryl methyl sites for hydroxylation is 2. The number of hydrogen-bond donors (Lipinski definition) is 0. The number of fused-ring (bicyclic) bond motifs is 2. The number of para-hydroxylation sites is 2. The summed E-state index contributed by atoms with van der Waals surface area (Å²) in [7, 11) is -3.31. The Balaban J connectivity index is 1.54. The summed E-state index contributed by atoms with van der Waals surface area (Å²) in [4.78, 5) is 17.5. The van der Waals surface area contributed by atoms with E-state index in [2.05, 4.69) is 16.5 Å². The van der Waals surface area contributed by atoms with E-state index in [1.807, 2.05) is 30.3 Å². The lowest BCUT2D eigenvalue weighted by atomic mass is 9.99. The molecule has 0 fully saturated rings. The summed E-state index contributed by atoms with van der Waals surface area (Å²) >= 11 is 1.44. The van der Waals surface area contributed by atoms with E-state index in [1.165, 1.54) is 22.3 Å². The number of Topliss-reactive ketones (excluding diaryl/α,β-unsaturated/α-hetero) is 1. The summed E-state index contributed by atoms with van der Waals surface area (Å²) < 4.78 is 27.6. The smallest absolute Gasteiger partial charge is 0.232 e. The fourth-order valence-corrected chi connectivity index (χ4v) is 5.73. The van der Waals surface area contributed by atoms with Gasteiger partial charge in [-0.2, -0.15) is 0 Å². The van der Waals surface area contributed by atoms with Crippen LogP contribution in [-0.4, -0.2) is 42.3 Å². The van der Waals surface area contributed by atoms with E-state index in [9.17, 15) is 13.2 Å².